The summed E-state index contributed by atoms with van der Waals surface area (Å²) >= 11 is 4.38. The van der Waals surface area contributed by atoms with Crippen molar-refractivity contribution in [3.63, 3.8) is 0 Å². The third-order valence-corrected chi connectivity index (χ3v) is 2.05. The first-order valence-electron chi connectivity index (χ1n) is 3.64. The fourth-order valence-electron chi connectivity index (χ4n) is 0.878. The minimum absolute atomic E-state index is 0.527. The van der Waals surface area contributed by atoms with Crippen molar-refractivity contribution >= 4 is 26.5 Å². The second-order valence-corrected chi connectivity index (χ2v) is 4.07. The highest BCUT2D eigenvalue weighted by Crippen LogP contribution is 2.17. The zero-order valence-electron chi connectivity index (χ0n) is 7.39. The molecule has 0 aromatic heterocycles. The molecule has 0 unspecified atom stereocenters. The van der Waals surface area contributed by atoms with E-state index in [2.05, 4.69) is 11.2 Å². The van der Waals surface area contributed by atoms with Gasteiger partial charge >= 0.3 is 0 Å². The number of hydrogen-bond donors (Lipinski definition) is 0. The Morgan fingerprint density at radius 3 is 2.23 bits per heavy atom. The molecule has 1 aromatic carbocycles. The number of benzene rings is 1. The summed E-state index contributed by atoms with van der Waals surface area (Å²) in [4.78, 5) is 1.97. The molecule has 0 N–H and O–H groups in total. The van der Waals surface area contributed by atoms with Crippen molar-refractivity contribution in [3.05, 3.63) is 24.3 Å². The third kappa shape index (κ3) is 3.20. The van der Waals surface area contributed by atoms with Crippen LogP contribution in [0.2, 0.25) is 0 Å². The molecule has 0 amide bonds. The van der Waals surface area contributed by atoms with Gasteiger partial charge in [-0.3, -0.25) is 0 Å². The molecule has 0 saturated carbocycles. The Balaban J connectivity index is 2.81. The SMILES string of the molecule is CN(C)c1ccc(O[S-](=O)=S)cc1. The normalized spacial score (nSPS) is 10.1. The van der Waals surface area contributed by atoms with Crippen LogP contribution in [0.15, 0.2) is 24.3 Å². The van der Waals surface area contributed by atoms with E-state index in [1.807, 2.05) is 31.1 Å². The fourth-order valence-corrected chi connectivity index (χ4v) is 1.38. The monoisotopic (exact) mass is 216 g/mol. The van der Waals surface area contributed by atoms with Gasteiger partial charge < -0.3 is 13.3 Å². The molecule has 13 heavy (non-hydrogen) atoms. The van der Waals surface area contributed by atoms with Crippen LogP contribution in [0.25, 0.3) is 0 Å². The van der Waals surface area contributed by atoms with Gasteiger partial charge in [-0.05, 0) is 33.9 Å². The molecule has 0 fully saturated rings. The minimum atomic E-state index is -1.66. The van der Waals surface area contributed by atoms with Crippen molar-refractivity contribution < 1.29 is 8.39 Å². The Bertz CT molecular complexity index is 336. The molecule has 72 valence electrons. The van der Waals surface area contributed by atoms with E-state index >= 15 is 0 Å². The molecule has 0 atom stereocenters. The van der Waals surface area contributed by atoms with E-state index < -0.39 is 9.64 Å². The second kappa shape index (κ2) is 4.43. The summed E-state index contributed by atoms with van der Waals surface area (Å²) < 4.78 is 15.3. The van der Waals surface area contributed by atoms with Crippen LogP contribution < -0.4 is 9.08 Å². The predicted octanol–water partition coefficient (Wildman–Crippen LogP) is 1.47. The van der Waals surface area contributed by atoms with Gasteiger partial charge in [-0.1, -0.05) is 0 Å². The maximum absolute atomic E-state index is 10.5. The zero-order valence-corrected chi connectivity index (χ0v) is 9.02. The lowest BCUT2D eigenvalue weighted by Crippen LogP contribution is -2.07. The van der Waals surface area contributed by atoms with Crippen LogP contribution in [0.5, 0.6) is 5.75 Å². The highest BCUT2D eigenvalue weighted by atomic mass is 32.8. The number of rotatable bonds is 3. The van der Waals surface area contributed by atoms with Crippen molar-refractivity contribution in [2.24, 2.45) is 0 Å². The summed E-state index contributed by atoms with van der Waals surface area (Å²) in [5.74, 6) is 0.527. The predicted molar refractivity (Wildman–Crippen MR) is 56.8 cm³/mol. The Hall–Kier alpha value is -0.810. The van der Waals surface area contributed by atoms with E-state index in [1.54, 1.807) is 12.1 Å². The first-order chi connectivity index (χ1) is 6.09. The molecule has 0 saturated heterocycles. The molecule has 0 radical (unpaired) electrons. The highest BCUT2D eigenvalue weighted by molar-refractivity contribution is 8.19. The quantitative estimate of drug-likeness (QED) is 0.716. The van der Waals surface area contributed by atoms with Gasteiger partial charge in [0, 0.05) is 19.8 Å². The molecule has 1 aromatic rings. The number of hydrogen-bond acceptors (Lipinski definition) is 5. The van der Waals surface area contributed by atoms with Gasteiger partial charge in [-0.25, -0.2) is 0 Å². The third-order valence-electron chi connectivity index (χ3n) is 1.52. The molecular formula is C8H10NO2S2-. The average molecular weight is 216 g/mol. The largest absolute Gasteiger partial charge is 0.551 e. The van der Waals surface area contributed by atoms with Crippen molar-refractivity contribution in [1.82, 2.24) is 0 Å². The van der Waals surface area contributed by atoms with Crippen LogP contribution in [0.1, 0.15) is 0 Å². The molecule has 5 heteroatoms. The fraction of sp³-hybridized carbons (Fsp3) is 0.250. The highest BCUT2D eigenvalue weighted by Gasteiger charge is 1.93. The van der Waals surface area contributed by atoms with E-state index in [4.69, 9.17) is 4.18 Å². The Morgan fingerprint density at radius 2 is 1.85 bits per heavy atom. The molecular weight excluding hydrogens is 206 g/mol. The lowest BCUT2D eigenvalue weighted by atomic mass is 10.3. The molecule has 0 heterocycles. The maximum Gasteiger partial charge on any atom is 0.100 e. The van der Waals surface area contributed by atoms with Crippen LogP contribution in [0, 0.1) is 0 Å². The molecule has 0 aliphatic carbocycles. The van der Waals surface area contributed by atoms with Gasteiger partial charge in [0.25, 0.3) is 0 Å². The summed E-state index contributed by atoms with van der Waals surface area (Å²) in [6, 6.07) is 7.22. The summed E-state index contributed by atoms with van der Waals surface area (Å²) in [7, 11) is 2.23. The standard InChI is InChI=1S/C8H10NO2S2/c1-9(2)7-3-5-8(6-4-7)11-13(10)12/h3-6H,1-2H3/q-1. The van der Waals surface area contributed by atoms with Gasteiger partial charge in [-0.15, -0.1) is 0 Å². The van der Waals surface area contributed by atoms with E-state index in [0.29, 0.717) is 5.75 Å². The van der Waals surface area contributed by atoms with E-state index in [1.165, 1.54) is 0 Å². The maximum atomic E-state index is 10.5. The lowest BCUT2D eigenvalue weighted by Gasteiger charge is -2.13. The van der Waals surface area contributed by atoms with Crippen LogP contribution in [0.3, 0.4) is 0 Å². The van der Waals surface area contributed by atoms with E-state index in [0.717, 1.165) is 5.69 Å². The first-order valence-corrected chi connectivity index (χ1v) is 5.64. The summed E-state index contributed by atoms with van der Waals surface area (Å²) in [6.07, 6.45) is 0. The minimum Gasteiger partial charge on any atom is -0.551 e. The Morgan fingerprint density at radius 1 is 1.31 bits per heavy atom. The van der Waals surface area contributed by atoms with E-state index in [9.17, 15) is 4.21 Å². The zero-order chi connectivity index (χ0) is 9.84. The summed E-state index contributed by atoms with van der Waals surface area (Å²) in [6.45, 7) is 0. The van der Waals surface area contributed by atoms with Crippen LogP contribution in [0.4, 0.5) is 5.69 Å². The van der Waals surface area contributed by atoms with E-state index in [-0.39, 0.29) is 0 Å². The Kier molecular flexibility index (Phi) is 3.50. The van der Waals surface area contributed by atoms with Crippen molar-refractivity contribution in [3.8, 4) is 5.75 Å². The lowest BCUT2D eigenvalue weighted by molar-refractivity contribution is 0.536. The van der Waals surface area contributed by atoms with Crippen LogP contribution in [-0.2, 0) is 25.0 Å². The Labute approximate surface area is 84.2 Å². The number of anilines is 1. The summed E-state index contributed by atoms with van der Waals surface area (Å²) in [5.41, 5.74) is 1.06. The molecule has 3 nitrogen and oxygen atoms in total. The topological polar surface area (TPSA) is 29.5 Å². The van der Waals surface area contributed by atoms with Crippen molar-refractivity contribution in [2.45, 2.75) is 0 Å². The molecule has 0 bridgehead atoms. The first kappa shape index (κ1) is 10.3. The number of nitrogens with zero attached hydrogens (tertiary/aromatic N) is 1. The van der Waals surface area contributed by atoms with Gasteiger partial charge in [0.1, 0.15) is 5.75 Å². The molecule has 0 spiro atoms. The summed E-state index contributed by atoms with van der Waals surface area (Å²) in [5, 5.41) is 0. The van der Waals surface area contributed by atoms with Crippen molar-refractivity contribution in [2.75, 3.05) is 19.0 Å². The van der Waals surface area contributed by atoms with Gasteiger partial charge in [0.15, 0.2) is 0 Å². The van der Waals surface area contributed by atoms with Crippen LogP contribution >= 0.6 is 0 Å². The second-order valence-electron chi connectivity index (χ2n) is 2.68. The van der Waals surface area contributed by atoms with Crippen LogP contribution in [-0.4, -0.2) is 14.1 Å². The average Bonchev–Trinajstić information content (AvgIpc) is 2.04. The molecule has 0 aliphatic rings. The molecule has 0 aliphatic heterocycles. The van der Waals surface area contributed by atoms with Crippen molar-refractivity contribution in [1.29, 1.82) is 0 Å². The van der Waals surface area contributed by atoms with Gasteiger partial charge in [0.2, 0.25) is 0 Å². The van der Waals surface area contributed by atoms with Gasteiger partial charge in [0.05, 0.1) is 0 Å². The van der Waals surface area contributed by atoms with Gasteiger partial charge in [-0.2, -0.15) is 11.2 Å². The smallest absolute Gasteiger partial charge is 0.100 e. The molecule has 1 rings (SSSR count).